The summed E-state index contributed by atoms with van der Waals surface area (Å²) in [6, 6.07) is 18.3. The molecule has 122 valence electrons. The number of nitrogens with two attached hydrogens (primary N) is 1. The number of benzene rings is 3. The average molecular weight is 342 g/mol. The summed E-state index contributed by atoms with van der Waals surface area (Å²) < 4.78 is 19.7. The van der Waals surface area contributed by atoms with Crippen molar-refractivity contribution in [2.75, 3.05) is 12.8 Å². The Morgan fingerprint density at radius 2 is 1.75 bits per heavy atom. The van der Waals surface area contributed by atoms with Crippen molar-refractivity contribution in [3.63, 3.8) is 0 Å². The predicted octanol–water partition coefficient (Wildman–Crippen LogP) is 5.33. The molecule has 24 heavy (non-hydrogen) atoms. The maximum Gasteiger partial charge on any atom is 0.165 e. The van der Waals surface area contributed by atoms with Gasteiger partial charge in [-0.3, -0.25) is 0 Å². The lowest BCUT2D eigenvalue weighted by atomic mass is 9.97. The molecule has 3 aromatic rings. The fraction of sp³-hybridized carbons (Fsp3) is 0.100. The number of rotatable bonds is 4. The van der Waals surface area contributed by atoms with Crippen LogP contribution in [0.2, 0.25) is 5.02 Å². The summed E-state index contributed by atoms with van der Waals surface area (Å²) in [5.41, 5.74) is 9.83. The zero-order valence-electron chi connectivity index (χ0n) is 13.2. The molecule has 3 rings (SSSR count). The van der Waals surface area contributed by atoms with Crippen LogP contribution >= 0.6 is 11.6 Å². The Morgan fingerprint density at radius 3 is 2.42 bits per heavy atom. The number of nitrogen functional groups attached to an aromatic ring is 1. The quantitative estimate of drug-likeness (QED) is 0.651. The van der Waals surface area contributed by atoms with E-state index in [1.807, 2.05) is 42.5 Å². The zero-order chi connectivity index (χ0) is 17.1. The summed E-state index contributed by atoms with van der Waals surface area (Å²) in [6.45, 7) is 0. The van der Waals surface area contributed by atoms with E-state index in [-0.39, 0.29) is 11.6 Å². The van der Waals surface area contributed by atoms with Gasteiger partial charge in [0, 0.05) is 16.3 Å². The highest BCUT2D eigenvalue weighted by Crippen LogP contribution is 2.35. The molecule has 0 aliphatic carbocycles. The van der Waals surface area contributed by atoms with E-state index in [9.17, 15) is 4.39 Å². The van der Waals surface area contributed by atoms with E-state index >= 15 is 0 Å². The molecule has 0 atom stereocenters. The van der Waals surface area contributed by atoms with Crippen LogP contribution < -0.4 is 10.5 Å². The lowest BCUT2D eigenvalue weighted by Crippen LogP contribution is -1.97. The van der Waals surface area contributed by atoms with Crippen molar-refractivity contribution < 1.29 is 9.13 Å². The molecule has 0 aromatic heterocycles. The van der Waals surface area contributed by atoms with Gasteiger partial charge < -0.3 is 10.5 Å². The van der Waals surface area contributed by atoms with Crippen molar-refractivity contribution >= 4 is 17.3 Å². The molecule has 0 heterocycles. The zero-order valence-corrected chi connectivity index (χ0v) is 14.0. The Labute approximate surface area is 145 Å². The van der Waals surface area contributed by atoms with Crippen molar-refractivity contribution in [3.8, 4) is 16.9 Å². The Hall–Kier alpha value is -2.52. The van der Waals surface area contributed by atoms with Crippen molar-refractivity contribution in [2.45, 2.75) is 6.42 Å². The molecular formula is C20H17ClFNO. The second-order valence-electron chi connectivity index (χ2n) is 5.59. The van der Waals surface area contributed by atoms with E-state index in [4.69, 9.17) is 22.1 Å². The SMILES string of the molecule is COc1c(F)cc(Cc2ccc(N)cc2)cc1-c1cccc(Cl)c1. The first kappa shape index (κ1) is 16.3. The number of halogens is 2. The highest BCUT2D eigenvalue weighted by Gasteiger charge is 2.14. The average Bonchev–Trinajstić information content (AvgIpc) is 2.56. The van der Waals surface area contributed by atoms with Gasteiger partial charge in [-0.1, -0.05) is 35.9 Å². The predicted molar refractivity (Wildman–Crippen MR) is 97.1 cm³/mol. The van der Waals surface area contributed by atoms with Crippen LogP contribution in [-0.2, 0) is 6.42 Å². The molecule has 2 nitrogen and oxygen atoms in total. The van der Waals surface area contributed by atoms with Crippen LogP contribution in [0.5, 0.6) is 5.75 Å². The summed E-state index contributed by atoms with van der Waals surface area (Å²) >= 11 is 6.07. The molecule has 4 heteroatoms. The number of methoxy groups -OCH3 is 1. The molecule has 0 aliphatic heterocycles. The first-order valence-corrected chi connectivity index (χ1v) is 7.91. The van der Waals surface area contributed by atoms with Gasteiger partial charge in [0.25, 0.3) is 0 Å². The molecule has 0 spiro atoms. The summed E-state index contributed by atoms with van der Waals surface area (Å²) in [6.07, 6.45) is 0.606. The number of hydrogen-bond donors (Lipinski definition) is 1. The summed E-state index contributed by atoms with van der Waals surface area (Å²) in [5, 5.41) is 0.596. The minimum Gasteiger partial charge on any atom is -0.493 e. The minimum atomic E-state index is -0.388. The summed E-state index contributed by atoms with van der Waals surface area (Å²) in [4.78, 5) is 0. The highest BCUT2D eigenvalue weighted by atomic mass is 35.5. The van der Waals surface area contributed by atoms with E-state index < -0.39 is 0 Å². The standard InChI is InChI=1S/C20H17ClFNO/c1-24-20-18(15-3-2-4-16(21)12-15)10-14(11-19(20)22)9-13-5-7-17(23)8-6-13/h2-8,10-12H,9,23H2,1H3. The number of ether oxygens (including phenoxy) is 1. The third-order valence-corrected chi connectivity index (χ3v) is 4.07. The molecule has 0 aliphatic rings. The Balaban J connectivity index is 2.04. The normalized spacial score (nSPS) is 10.6. The van der Waals surface area contributed by atoms with Gasteiger partial charge in [0.15, 0.2) is 11.6 Å². The first-order chi connectivity index (χ1) is 11.6. The Kier molecular flexibility index (Phi) is 4.72. The van der Waals surface area contributed by atoms with Gasteiger partial charge in [-0.25, -0.2) is 4.39 Å². The molecule has 0 radical (unpaired) electrons. The van der Waals surface area contributed by atoms with Gasteiger partial charge in [0.05, 0.1) is 7.11 Å². The maximum absolute atomic E-state index is 14.5. The van der Waals surface area contributed by atoms with Gasteiger partial charge >= 0.3 is 0 Å². The smallest absolute Gasteiger partial charge is 0.165 e. The Bertz CT molecular complexity index is 862. The molecule has 0 saturated carbocycles. The molecule has 0 unspecified atom stereocenters. The molecular weight excluding hydrogens is 325 g/mol. The second kappa shape index (κ2) is 6.93. The van der Waals surface area contributed by atoms with E-state index in [0.29, 0.717) is 22.7 Å². The monoisotopic (exact) mass is 341 g/mol. The van der Waals surface area contributed by atoms with E-state index in [1.165, 1.54) is 13.2 Å². The number of hydrogen-bond acceptors (Lipinski definition) is 2. The summed E-state index contributed by atoms with van der Waals surface area (Å²) in [7, 11) is 1.46. The fourth-order valence-electron chi connectivity index (χ4n) is 2.70. The van der Waals surface area contributed by atoms with Crippen molar-refractivity contribution in [2.24, 2.45) is 0 Å². The Morgan fingerprint density at radius 1 is 1.00 bits per heavy atom. The third-order valence-electron chi connectivity index (χ3n) is 3.83. The highest BCUT2D eigenvalue weighted by molar-refractivity contribution is 6.30. The van der Waals surface area contributed by atoms with Crippen LogP contribution in [0.4, 0.5) is 10.1 Å². The molecule has 2 N–H and O–H groups in total. The van der Waals surface area contributed by atoms with Crippen molar-refractivity contribution in [1.82, 2.24) is 0 Å². The molecule has 0 bridgehead atoms. The molecule has 0 fully saturated rings. The fourth-order valence-corrected chi connectivity index (χ4v) is 2.89. The molecule has 3 aromatic carbocycles. The number of anilines is 1. The van der Waals surface area contributed by atoms with Gasteiger partial charge in [-0.2, -0.15) is 0 Å². The summed E-state index contributed by atoms with van der Waals surface area (Å²) in [5.74, 6) is -0.168. The van der Waals surface area contributed by atoms with E-state index in [2.05, 4.69) is 0 Å². The lowest BCUT2D eigenvalue weighted by Gasteiger charge is -2.13. The molecule has 0 amide bonds. The van der Waals surface area contributed by atoms with Gasteiger partial charge in [-0.15, -0.1) is 0 Å². The van der Waals surface area contributed by atoms with Crippen LogP contribution in [0.25, 0.3) is 11.1 Å². The van der Waals surface area contributed by atoms with Gasteiger partial charge in [-0.05, 0) is 59.5 Å². The van der Waals surface area contributed by atoms with Crippen LogP contribution in [0.3, 0.4) is 0 Å². The first-order valence-electron chi connectivity index (χ1n) is 7.53. The largest absolute Gasteiger partial charge is 0.493 e. The van der Waals surface area contributed by atoms with Crippen LogP contribution in [0, 0.1) is 5.82 Å². The van der Waals surface area contributed by atoms with Gasteiger partial charge in [0.1, 0.15) is 0 Å². The minimum absolute atomic E-state index is 0.221. The maximum atomic E-state index is 14.5. The molecule has 0 saturated heterocycles. The van der Waals surface area contributed by atoms with Crippen LogP contribution in [0.15, 0.2) is 60.7 Å². The van der Waals surface area contributed by atoms with Gasteiger partial charge in [0.2, 0.25) is 0 Å². The van der Waals surface area contributed by atoms with Crippen LogP contribution in [0.1, 0.15) is 11.1 Å². The second-order valence-corrected chi connectivity index (χ2v) is 6.02. The van der Waals surface area contributed by atoms with Crippen molar-refractivity contribution in [3.05, 3.63) is 82.6 Å². The van der Waals surface area contributed by atoms with E-state index in [1.54, 1.807) is 12.1 Å². The van der Waals surface area contributed by atoms with E-state index in [0.717, 1.165) is 16.7 Å². The topological polar surface area (TPSA) is 35.2 Å². The third kappa shape index (κ3) is 3.52. The van der Waals surface area contributed by atoms with Crippen molar-refractivity contribution in [1.29, 1.82) is 0 Å². The lowest BCUT2D eigenvalue weighted by molar-refractivity contribution is 0.388. The van der Waals surface area contributed by atoms with Crippen LogP contribution in [-0.4, -0.2) is 7.11 Å².